The molecule has 6 heteroatoms. The highest BCUT2D eigenvalue weighted by molar-refractivity contribution is 5.77. The number of nitrogens with zero attached hydrogens (tertiary/aromatic N) is 2. The maximum atomic E-state index is 12.3. The number of aromatic nitrogens is 1. The number of ether oxygens (including phenoxy) is 2. The van der Waals surface area contributed by atoms with E-state index in [-0.39, 0.29) is 18.6 Å². The van der Waals surface area contributed by atoms with Crippen LogP contribution in [0.4, 0.5) is 0 Å². The summed E-state index contributed by atoms with van der Waals surface area (Å²) in [6, 6.07) is 12.0. The van der Waals surface area contributed by atoms with Crippen LogP contribution in [0.3, 0.4) is 0 Å². The zero-order chi connectivity index (χ0) is 18.4. The molecule has 1 N–H and O–H groups in total. The summed E-state index contributed by atoms with van der Waals surface area (Å²) in [5, 5.41) is 3.02. The summed E-state index contributed by atoms with van der Waals surface area (Å²) in [7, 11) is 2.03. The van der Waals surface area contributed by atoms with Gasteiger partial charge >= 0.3 is 0 Å². The van der Waals surface area contributed by atoms with Crippen LogP contribution in [-0.2, 0) is 16.6 Å². The number of hydrogen-bond acceptors (Lipinski definition) is 4. The van der Waals surface area contributed by atoms with Gasteiger partial charge < -0.3 is 19.4 Å². The molecule has 0 saturated carbocycles. The number of hydrogen-bond donors (Lipinski definition) is 1. The van der Waals surface area contributed by atoms with Crippen LogP contribution in [0.25, 0.3) is 0 Å². The van der Waals surface area contributed by atoms with Crippen LogP contribution in [-0.4, -0.2) is 54.8 Å². The van der Waals surface area contributed by atoms with Crippen LogP contribution in [0.5, 0.6) is 5.75 Å². The van der Waals surface area contributed by atoms with E-state index in [1.54, 1.807) is 0 Å². The van der Waals surface area contributed by atoms with Crippen molar-refractivity contribution in [1.29, 1.82) is 0 Å². The summed E-state index contributed by atoms with van der Waals surface area (Å²) >= 11 is 0. The molecule has 1 fully saturated rings. The Kier molecular flexibility index (Phi) is 6.30. The van der Waals surface area contributed by atoms with Crippen LogP contribution >= 0.6 is 0 Å². The van der Waals surface area contributed by atoms with E-state index in [0.717, 1.165) is 31.9 Å². The third-order valence-electron chi connectivity index (χ3n) is 4.66. The second-order valence-electron chi connectivity index (χ2n) is 6.62. The van der Waals surface area contributed by atoms with Crippen molar-refractivity contribution in [2.45, 2.75) is 13.0 Å². The van der Waals surface area contributed by atoms with Crippen LogP contribution in [0, 0.1) is 6.92 Å². The Morgan fingerprint density at radius 2 is 2.08 bits per heavy atom. The van der Waals surface area contributed by atoms with Crippen LogP contribution in [0.1, 0.15) is 17.3 Å². The van der Waals surface area contributed by atoms with Gasteiger partial charge in [0.25, 0.3) is 5.91 Å². The first-order valence-electron chi connectivity index (χ1n) is 9.02. The summed E-state index contributed by atoms with van der Waals surface area (Å²) in [5.41, 5.74) is 2.30. The maximum absolute atomic E-state index is 12.3. The van der Waals surface area contributed by atoms with Gasteiger partial charge in [-0.2, -0.15) is 0 Å². The average molecular weight is 357 g/mol. The Labute approximate surface area is 154 Å². The molecule has 1 aliphatic rings. The predicted octanol–water partition coefficient (Wildman–Crippen LogP) is 1.90. The van der Waals surface area contributed by atoms with Crippen molar-refractivity contribution in [2.24, 2.45) is 7.05 Å². The highest BCUT2D eigenvalue weighted by atomic mass is 16.5. The normalized spacial score (nSPS) is 16.2. The molecular formula is C20H27N3O3. The van der Waals surface area contributed by atoms with Crippen LogP contribution in [0.15, 0.2) is 42.6 Å². The number of benzene rings is 1. The van der Waals surface area contributed by atoms with Crippen LogP contribution < -0.4 is 10.1 Å². The minimum atomic E-state index is -0.112. The molecule has 6 nitrogen and oxygen atoms in total. The van der Waals surface area contributed by atoms with Crippen molar-refractivity contribution in [2.75, 3.05) is 39.5 Å². The molecule has 1 aromatic carbocycles. The molecule has 0 bridgehead atoms. The first kappa shape index (κ1) is 18.5. The maximum Gasteiger partial charge on any atom is 0.258 e. The standard InChI is InChI=1S/C20H27N3O3/c1-16-5-3-6-17(13-16)26-15-20(24)21-14-19(18-7-4-8-22(18)2)23-9-11-25-12-10-23/h3-8,13,19H,9-12,14-15H2,1-2H3,(H,21,24). The van der Waals surface area contributed by atoms with Crippen molar-refractivity contribution in [1.82, 2.24) is 14.8 Å². The molecule has 3 rings (SSSR count). The molecule has 2 heterocycles. The van der Waals surface area contributed by atoms with Gasteiger partial charge in [-0.1, -0.05) is 12.1 Å². The molecule has 1 saturated heterocycles. The lowest BCUT2D eigenvalue weighted by Gasteiger charge is -2.34. The fourth-order valence-electron chi connectivity index (χ4n) is 3.25. The molecule has 1 aromatic heterocycles. The number of morpholine rings is 1. The van der Waals surface area contributed by atoms with Gasteiger partial charge in [0.15, 0.2) is 6.61 Å². The number of nitrogens with one attached hydrogen (secondary N) is 1. The number of rotatable bonds is 7. The van der Waals surface area contributed by atoms with Gasteiger partial charge in [0.2, 0.25) is 0 Å². The Morgan fingerprint density at radius 1 is 1.27 bits per heavy atom. The van der Waals surface area contributed by atoms with Crippen molar-refractivity contribution < 1.29 is 14.3 Å². The summed E-state index contributed by atoms with van der Waals surface area (Å²) in [5.74, 6) is 0.603. The lowest BCUT2D eigenvalue weighted by molar-refractivity contribution is -0.123. The number of aryl methyl sites for hydroxylation is 2. The van der Waals surface area contributed by atoms with E-state index >= 15 is 0 Å². The summed E-state index contributed by atoms with van der Waals surface area (Å²) in [6.45, 7) is 5.76. The minimum Gasteiger partial charge on any atom is -0.484 e. The lowest BCUT2D eigenvalue weighted by Crippen LogP contribution is -2.45. The van der Waals surface area contributed by atoms with Crippen LogP contribution in [0.2, 0.25) is 0 Å². The quantitative estimate of drug-likeness (QED) is 0.822. The minimum absolute atomic E-state index is 0.0203. The third kappa shape index (κ3) is 4.86. The fraction of sp³-hybridized carbons (Fsp3) is 0.450. The van der Waals surface area contributed by atoms with E-state index in [9.17, 15) is 4.79 Å². The van der Waals surface area contributed by atoms with Gasteiger partial charge in [0.05, 0.1) is 19.3 Å². The number of carbonyl (C=O) groups excluding carboxylic acids is 1. The first-order chi connectivity index (χ1) is 12.6. The molecule has 0 spiro atoms. The first-order valence-corrected chi connectivity index (χ1v) is 9.02. The molecule has 26 heavy (non-hydrogen) atoms. The Morgan fingerprint density at radius 3 is 2.77 bits per heavy atom. The van der Waals surface area contributed by atoms with Gasteiger partial charge in [-0.05, 0) is 36.8 Å². The van der Waals surface area contributed by atoms with Gasteiger partial charge in [-0.15, -0.1) is 0 Å². The molecule has 0 radical (unpaired) electrons. The highest BCUT2D eigenvalue weighted by Crippen LogP contribution is 2.21. The van der Waals surface area contributed by atoms with Crippen molar-refractivity contribution in [3.8, 4) is 5.75 Å². The van der Waals surface area contributed by atoms with Crippen molar-refractivity contribution >= 4 is 5.91 Å². The lowest BCUT2D eigenvalue weighted by atomic mass is 10.1. The second kappa shape index (κ2) is 8.87. The molecule has 1 atom stereocenters. The van der Waals surface area contributed by atoms with E-state index in [4.69, 9.17) is 9.47 Å². The Bertz CT molecular complexity index is 723. The molecule has 1 amide bonds. The Balaban J connectivity index is 1.56. The van der Waals surface area contributed by atoms with Gasteiger partial charge in [-0.25, -0.2) is 0 Å². The zero-order valence-corrected chi connectivity index (χ0v) is 15.5. The zero-order valence-electron chi connectivity index (χ0n) is 15.5. The molecule has 2 aromatic rings. The summed E-state index contributed by atoms with van der Waals surface area (Å²) in [6.07, 6.45) is 2.03. The SMILES string of the molecule is Cc1cccc(OCC(=O)NCC(c2cccn2C)N2CCOCC2)c1. The largest absolute Gasteiger partial charge is 0.484 e. The third-order valence-corrected chi connectivity index (χ3v) is 4.66. The van der Waals surface area contributed by atoms with Gasteiger partial charge in [0, 0.05) is 38.6 Å². The topological polar surface area (TPSA) is 55.7 Å². The van der Waals surface area contributed by atoms with E-state index in [1.807, 2.05) is 50.5 Å². The molecule has 1 aliphatic heterocycles. The van der Waals surface area contributed by atoms with Gasteiger partial charge in [-0.3, -0.25) is 9.69 Å². The molecular weight excluding hydrogens is 330 g/mol. The number of carbonyl (C=O) groups is 1. The molecule has 1 unspecified atom stereocenters. The van der Waals surface area contributed by atoms with Gasteiger partial charge in [0.1, 0.15) is 5.75 Å². The van der Waals surface area contributed by atoms with E-state index in [0.29, 0.717) is 12.3 Å². The van der Waals surface area contributed by atoms with E-state index < -0.39 is 0 Å². The van der Waals surface area contributed by atoms with Crippen molar-refractivity contribution in [3.05, 3.63) is 53.9 Å². The smallest absolute Gasteiger partial charge is 0.258 e. The van der Waals surface area contributed by atoms with E-state index in [2.05, 4.69) is 20.9 Å². The predicted molar refractivity (Wildman–Crippen MR) is 100 cm³/mol. The highest BCUT2D eigenvalue weighted by Gasteiger charge is 2.24. The Hall–Kier alpha value is -2.31. The van der Waals surface area contributed by atoms with E-state index in [1.165, 1.54) is 5.69 Å². The molecule has 140 valence electrons. The fourth-order valence-corrected chi connectivity index (χ4v) is 3.25. The van der Waals surface area contributed by atoms with Crippen molar-refractivity contribution in [3.63, 3.8) is 0 Å². The number of amides is 1. The second-order valence-corrected chi connectivity index (χ2v) is 6.62. The summed E-state index contributed by atoms with van der Waals surface area (Å²) < 4.78 is 13.2. The summed E-state index contributed by atoms with van der Waals surface area (Å²) in [4.78, 5) is 14.6. The monoisotopic (exact) mass is 357 g/mol. The molecule has 0 aliphatic carbocycles. The average Bonchev–Trinajstić information content (AvgIpc) is 3.07.